The summed E-state index contributed by atoms with van der Waals surface area (Å²) in [4.78, 5) is 12.5. The lowest BCUT2D eigenvalue weighted by molar-refractivity contribution is -0.121. The molecule has 1 aliphatic rings. The number of carbonyl (C=O) groups excluding carboxylic acids is 1. The van der Waals surface area contributed by atoms with E-state index in [1.165, 1.54) is 17.8 Å². The van der Waals surface area contributed by atoms with E-state index in [2.05, 4.69) is 17.6 Å². The third-order valence-corrected chi connectivity index (χ3v) is 4.65. The van der Waals surface area contributed by atoms with Gasteiger partial charge in [0.05, 0.1) is 0 Å². The number of hydrogen-bond donors (Lipinski definition) is 2. The summed E-state index contributed by atoms with van der Waals surface area (Å²) < 4.78 is 13.4. The highest BCUT2D eigenvalue weighted by molar-refractivity contribution is 7.99. The van der Waals surface area contributed by atoms with Gasteiger partial charge in [-0.2, -0.15) is 0 Å². The molecule has 1 aromatic rings. The number of nitrogens with one attached hydrogen (secondary N) is 2. The highest BCUT2D eigenvalue weighted by Crippen LogP contribution is 2.21. The largest absolute Gasteiger partial charge is 0.352 e. The van der Waals surface area contributed by atoms with Crippen molar-refractivity contribution in [1.82, 2.24) is 10.6 Å². The molecule has 1 aromatic carbocycles. The second-order valence-electron chi connectivity index (χ2n) is 5.17. The standard InChI is InChI=1S/C15H21FN2OS/c1-11-6-8-17-10-13(11)18-15(19)7-9-20-14-5-3-2-4-12(14)16/h2-5,11,13,17H,6-10H2,1H3,(H,18,19). The molecule has 1 aliphatic heterocycles. The fourth-order valence-corrected chi connectivity index (χ4v) is 3.17. The maximum Gasteiger partial charge on any atom is 0.221 e. The maximum absolute atomic E-state index is 13.4. The topological polar surface area (TPSA) is 41.1 Å². The number of piperidine rings is 1. The second kappa shape index (κ2) is 7.64. The molecule has 0 bridgehead atoms. The molecule has 1 saturated heterocycles. The van der Waals surface area contributed by atoms with Crippen molar-refractivity contribution >= 4 is 17.7 Å². The van der Waals surface area contributed by atoms with Gasteiger partial charge in [0, 0.05) is 29.7 Å². The summed E-state index contributed by atoms with van der Waals surface area (Å²) in [6.07, 6.45) is 1.51. The highest BCUT2D eigenvalue weighted by atomic mass is 32.2. The Hall–Kier alpha value is -1.07. The number of hydrogen-bond acceptors (Lipinski definition) is 3. The van der Waals surface area contributed by atoms with Crippen LogP contribution >= 0.6 is 11.8 Å². The van der Waals surface area contributed by atoms with Crippen molar-refractivity contribution in [2.75, 3.05) is 18.8 Å². The van der Waals surface area contributed by atoms with Gasteiger partial charge in [-0.3, -0.25) is 4.79 Å². The molecule has 0 spiro atoms. The zero-order valence-corrected chi connectivity index (χ0v) is 12.5. The molecule has 0 saturated carbocycles. The minimum atomic E-state index is -0.219. The van der Waals surface area contributed by atoms with E-state index in [0.29, 0.717) is 23.0 Å². The van der Waals surface area contributed by atoms with Gasteiger partial charge in [0.1, 0.15) is 5.82 Å². The van der Waals surface area contributed by atoms with Crippen molar-refractivity contribution in [1.29, 1.82) is 0 Å². The average molecular weight is 296 g/mol. The van der Waals surface area contributed by atoms with E-state index in [0.717, 1.165) is 19.5 Å². The van der Waals surface area contributed by atoms with Gasteiger partial charge in [0.2, 0.25) is 5.91 Å². The van der Waals surface area contributed by atoms with Gasteiger partial charge in [-0.25, -0.2) is 4.39 Å². The Morgan fingerprint density at radius 2 is 2.30 bits per heavy atom. The van der Waals surface area contributed by atoms with Crippen LogP contribution in [0.3, 0.4) is 0 Å². The van der Waals surface area contributed by atoms with E-state index in [9.17, 15) is 9.18 Å². The summed E-state index contributed by atoms with van der Waals surface area (Å²) in [7, 11) is 0. The van der Waals surface area contributed by atoms with Crippen LogP contribution in [0.15, 0.2) is 29.2 Å². The fraction of sp³-hybridized carbons (Fsp3) is 0.533. The quantitative estimate of drug-likeness (QED) is 0.820. The Morgan fingerprint density at radius 3 is 3.05 bits per heavy atom. The minimum absolute atomic E-state index is 0.0504. The van der Waals surface area contributed by atoms with Gasteiger partial charge in [-0.05, 0) is 31.0 Å². The first kappa shape index (κ1) is 15.3. The van der Waals surface area contributed by atoms with Crippen LogP contribution in [0.1, 0.15) is 19.8 Å². The van der Waals surface area contributed by atoms with Crippen LogP contribution in [-0.2, 0) is 4.79 Å². The second-order valence-corrected chi connectivity index (χ2v) is 6.31. The molecule has 0 radical (unpaired) electrons. The van der Waals surface area contributed by atoms with E-state index >= 15 is 0 Å². The maximum atomic E-state index is 13.4. The van der Waals surface area contributed by atoms with Gasteiger partial charge in [0.25, 0.3) is 0 Å². The summed E-state index contributed by atoms with van der Waals surface area (Å²) in [6, 6.07) is 6.88. The first-order valence-electron chi connectivity index (χ1n) is 7.04. The summed E-state index contributed by atoms with van der Waals surface area (Å²) in [6.45, 7) is 4.03. The molecule has 1 heterocycles. The van der Waals surface area contributed by atoms with Crippen LogP contribution in [0.4, 0.5) is 4.39 Å². The molecule has 2 atom stereocenters. The summed E-state index contributed by atoms with van der Waals surface area (Å²) >= 11 is 1.39. The Morgan fingerprint density at radius 1 is 1.50 bits per heavy atom. The Kier molecular flexibility index (Phi) is 5.86. The lowest BCUT2D eigenvalue weighted by atomic mass is 9.95. The van der Waals surface area contributed by atoms with Crippen molar-refractivity contribution < 1.29 is 9.18 Å². The molecule has 20 heavy (non-hydrogen) atoms. The average Bonchev–Trinajstić information content (AvgIpc) is 2.43. The molecular formula is C15H21FN2OS. The molecule has 0 aliphatic carbocycles. The molecule has 110 valence electrons. The Bertz CT molecular complexity index is 455. The van der Waals surface area contributed by atoms with Crippen LogP contribution in [0.5, 0.6) is 0 Å². The molecule has 2 unspecified atom stereocenters. The molecule has 2 N–H and O–H groups in total. The number of halogens is 1. The first-order valence-corrected chi connectivity index (χ1v) is 8.03. The molecule has 0 aromatic heterocycles. The number of benzene rings is 1. The summed E-state index contributed by atoms with van der Waals surface area (Å²) in [5.74, 6) is 0.943. The first-order chi connectivity index (χ1) is 9.66. The number of carbonyl (C=O) groups is 1. The fourth-order valence-electron chi connectivity index (χ4n) is 2.28. The number of rotatable bonds is 5. The zero-order valence-electron chi connectivity index (χ0n) is 11.7. The summed E-state index contributed by atoms with van der Waals surface area (Å²) in [5, 5.41) is 6.35. The van der Waals surface area contributed by atoms with Gasteiger partial charge in [-0.15, -0.1) is 11.8 Å². The Labute approximate surface area is 123 Å². The third-order valence-electron chi connectivity index (χ3n) is 3.60. The normalized spacial score (nSPS) is 22.5. The van der Waals surface area contributed by atoms with Crippen molar-refractivity contribution in [2.45, 2.75) is 30.7 Å². The van der Waals surface area contributed by atoms with Crippen molar-refractivity contribution in [3.63, 3.8) is 0 Å². The van der Waals surface area contributed by atoms with E-state index in [1.807, 2.05) is 0 Å². The van der Waals surface area contributed by atoms with Gasteiger partial charge >= 0.3 is 0 Å². The predicted octanol–water partition coefficient (Wildman–Crippen LogP) is 2.42. The van der Waals surface area contributed by atoms with Crippen LogP contribution < -0.4 is 10.6 Å². The van der Waals surface area contributed by atoms with Crippen LogP contribution in [0, 0.1) is 11.7 Å². The molecule has 2 rings (SSSR count). The monoisotopic (exact) mass is 296 g/mol. The van der Waals surface area contributed by atoms with Crippen LogP contribution in [-0.4, -0.2) is 30.8 Å². The van der Waals surface area contributed by atoms with Gasteiger partial charge < -0.3 is 10.6 Å². The summed E-state index contributed by atoms with van der Waals surface area (Å²) in [5.41, 5.74) is 0. The highest BCUT2D eigenvalue weighted by Gasteiger charge is 2.22. The van der Waals surface area contributed by atoms with E-state index in [-0.39, 0.29) is 17.8 Å². The SMILES string of the molecule is CC1CCNCC1NC(=O)CCSc1ccccc1F. The smallest absolute Gasteiger partial charge is 0.221 e. The van der Waals surface area contributed by atoms with Crippen LogP contribution in [0.2, 0.25) is 0 Å². The molecule has 3 nitrogen and oxygen atoms in total. The van der Waals surface area contributed by atoms with Crippen molar-refractivity contribution in [2.24, 2.45) is 5.92 Å². The number of amides is 1. The lowest BCUT2D eigenvalue weighted by Crippen LogP contribution is -2.50. The molecule has 1 fully saturated rings. The minimum Gasteiger partial charge on any atom is -0.352 e. The predicted molar refractivity (Wildman–Crippen MR) is 80.3 cm³/mol. The zero-order chi connectivity index (χ0) is 14.4. The molecule has 5 heteroatoms. The van der Waals surface area contributed by atoms with Crippen LogP contribution in [0.25, 0.3) is 0 Å². The van der Waals surface area contributed by atoms with Crippen molar-refractivity contribution in [3.05, 3.63) is 30.1 Å². The van der Waals surface area contributed by atoms with E-state index in [1.54, 1.807) is 18.2 Å². The third kappa shape index (κ3) is 4.49. The Balaban J connectivity index is 1.71. The van der Waals surface area contributed by atoms with Gasteiger partial charge in [0.15, 0.2) is 0 Å². The van der Waals surface area contributed by atoms with Gasteiger partial charge in [-0.1, -0.05) is 19.1 Å². The van der Waals surface area contributed by atoms with Crippen molar-refractivity contribution in [3.8, 4) is 0 Å². The molecular weight excluding hydrogens is 275 g/mol. The van der Waals surface area contributed by atoms with E-state index in [4.69, 9.17) is 0 Å². The lowest BCUT2D eigenvalue weighted by Gasteiger charge is -2.30. The number of thioether (sulfide) groups is 1. The van der Waals surface area contributed by atoms with E-state index < -0.39 is 0 Å². The molecule has 1 amide bonds.